The van der Waals surface area contributed by atoms with Gasteiger partial charge in [-0.3, -0.25) is 4.68 Å². The molecule has 1 rings (SSSR count). The SMILES string of the molecule is OCCCCCCn1cc(I)cn1. The standard InChI is InChI=1S/C9H15IN2O/c10-9-7-11-12(8-9)5-3-1-2-4-6-13/h7-8,13H,1-6H2. The van der Waals surface area contributed by atoms with E-state index in [1.54, 1.807) is 0 Å². The van der Waals surface area contributed by atoms with Crippen molar-refractivity contribution in [3.05, 3.63) is 16.0 Å². The van der Waals surface area contributed by atoms with E-state index in [4.69, 9.17) is 5.11 Å². The highest BCUT2D eigenvalue weighted by molar-refractivity contribution is 14.1. The summed E-state index contributed by atoms with van der Waals surface area (Å²) >= 11 is 2.26. The van der Waals surface area contributed by atoms with E-state index in [9.17, 15) is 0 Å². The quantitative estimate of drug-likeness (QED) is 0.644. The van der Waals surface area contributed by atoms with E-state index < -0.39 is 0 Å². The molecule has 1 aromatic heterocycles. The molecule has 0 amide bonds. The Labute approximate surface area is 92.3 Å². The van der Waals surface area contributed by atoms with Gasteiger partial charge >= 0.3 is 0 Å². The first-order chi connectivity index (χ1) is 6.33. The molecule has 4 heteroatoms. The number of hydrogen-bond donors (Lipinski definition) is 1. The Balaban J connectivity index is 2.06. The third-order valence-electron chi connectivity index (χ3n) is 1.90. The second-order valence-corrected chi connectivity index (χ2v) is 4.31. The first-order valence-electron chi connectivity index (χ1n) is 4.62. The van der Waals surface area contributed by atoms with Crippen LogP contribution in [0.25, 0.3) is 0 Å². The molecule has 0 aliphatic carbocycles. The fourth-order valence-corrected chi connectivity index (χ4v) is 1.65. The van der Waals surface area contributed by atoms with Gasteiger partial charge in [0.2, 0.25) is 0 Å². The molecule has 0 aromatic carbocycles. The van der Waals surface area contributed by atoms with Gasteiger partial charge in [-0.05, 0) is 35.4 Å². The highest BCUT2D eigenvalue weighted by atomic mass is 127. The number of unbranched alkanes of at least 4 members (excludes halogenated alkanes) is 3. The molecule has 1 aromatic rings. The maximum Gasteiger partial charge on any atom is 0.0623 e. The van der Waals surface area contributed by atoms with Crippen LogP contribution in [-0.2, 0) is 6.54 Å². The Morgan fingerprint density at radius 3 is 2.69 bits per heavy atom. The van der Waals surface area contributed by atoms with Crippen LogP contribution in [0.2, 0.25) is 0 Å². The number of rotatable bonds is 6. The lowest BCUT2D eigenvalue weighted by atomic mass is 10.2. The summed E-state index contributed by atoms with van der Waals surface area (Å²) in [4.78, 5) is 0. The van der Waals surface area contributed by atoms with Crippen LogP contribution in [0.15, 0.2) is 12.4 Å². The first kappa shape index (κ1) is 11.0. The second kappa shape index (κ2) is 6.37. The number of aromatic nitrogens is 2. The second-order valence-electron chi connectivity index (χ2n) is 3.06. The third-order valence-corrected chi connectivity index (χ3v) is 2.45. The fraction of sp³-hybridized carbons (Fsp3) is 0.667. The van der Waals surface area contributed by atoms with Crippen molar-refractivity contribution in [3.8, 4) is 0 Å². The maximum absolute atomic E-state index is 8.57. The number of aliphatic hydroxyl groups is 1. The predicted octanol–water partition coefficient (Wildman–Crippen LogP) is 2.04. The summed E-state index contributed by atoms with van der Waals surface area (Å²) in [6, 6.07) is 0. The Bertz CT molecular complexity index is 237. The summed E-state index contributed by atoms with van der Waals surface area (Å²) in [5.41, 5.74) is 0. The molecule has 0 spiro atoms. The topological polar surface area (TPSA) is 38.0 Å². The Kier molecular flexibility index (Phi) is 5.38. The highest BCUT2D eigenvalue weighted by Gasteiger charge is 1.94. The van der Waals surface area contributed by atoms with Crippen LogP contribution in [0.1, 0.15) is 25.7 Å². The van der Waals surface area contributed by atoms with Crippen LogP contribution < -0.4 is 0 Å². The van der Waals surface area contributed by atoms with Gasteiger partial charge in [0.05, 0.1) is 9.77 Å². The van der Waals surface area contributed by atoms with Crippen LogP contribution in [0.3, 0.4) is 0 Å². The summed E-state index contributed by atoms with van der Waals surface area (Å²) in [5, 5.41) is 12.8. The lowest BCUT2D eigenvalue weighted by Crippen LogP contribution is -1.98. The lowest BCUT2D eigenvalue weighted by Gasteiger charge is -2.00. The molecule has 0 radical (unpaired) electrons. The van der Waals surface area contributed by atoms with Gasteiger partial charge in [-0.2, -0.15) is 5.10 Å². The van der Waals surface area contributed by atoms with Crippen LogP contribution in [0.4, 0.5) is 0 Å². The zero-order chi connectivity index (χ0) is 9.52. The van der Waals surface area contributed by atoms with Gasteiger partial charge < -0.3 is 5.11 Å². The minimum atomic E-state index is 0.319. The molecule has 1 heterocycles. The molecule has 3 nitrogen and oxygen atoms in total. The van der Waals surface area contributed by atoms with Gasteiger partial charge in [0.1, 0.15) is 0 Å². The zero-order valence-corrected chi connectivity index (χ0v) is 9.77. The molecule has 0 saturated carbocycles. The average molecular weight is 294 g/mol. The van der Waals surface area contributed by atoms with Crippen molar-refractivity contribution in [1.82, 2.24) is 9.78 Å². The molecule has 0 saturated heterocycles. The van der Waals surface area contributed by atoms with Gasteiger partial charge in [-0.1, -0.05) is 12.8 Å². The highest BCUT2D eigenvalue weighted by Crippen LogP contribution is 2.04. The number of aryl methyl sites for hydroxylation is 1. The van der Waals surface area contributed by atoms with E-state index in [-0.39, 0.29) is 0 Å². The Morgan fingerprint density at radius 2 is 2.08 bits per heavy atom. The summed E-state index contributed by atoms with van der Waals surface area (Å²) in [7, 11) is 0. The number of halogens is 1. The van der Waals surface area contributed by atoms with Gasteiger partial charge in [0, 0.05) is 19.3 Å². The largest absolute Gasteiger partial charge is 0.396 e. The molecular formula is C9H15IN2O. The van der Waals surface area contributed by atoms with E-state index in [1.807, 2.05) is 17.1 Å². The van der Waals surface area contributed by atoms with Gasteiger partial charge in [0.15, 0.2) is 0 Å². The number of nitrogens with zero attached hydrogens (tertiary/aromatic N) is 2. The number of aliphatic hydroxyl groups excluding tert-OH is 1. The Morgan fingerprint density at radius 1 is 1.31 bits per heavy atom. The van der Waals surface area contributed by atoms with Crippen LogP contribution in [0, 0.1) is 3.57 Å². The molecule has 74 valence electrons. The summed E-state index contributed by atoms with van der Waals surface area (Å²) in [6.07, 6.45) is 8.29. The molecular weight excluding hydrogens is 279 g/mol. The minimum absolute atomic E-state index is 0.319. The number of hydrogen-bond acceptors (Lipinski definition) is 2. The maximum atomic E-state index is 8.57. The normalized spacial score (nSPS) is 10.6. The van der Waals surface area contributed by atoms with Crippen molar-refractivity contribution in [1.29, 1.82) is 0 Å². The van der Waals surface area contributed by atoms with Crippen molar-refractivity contribution in [2.45, 2.75) is 32.2 Å². The van der Waals surface area contributed by atoms with Crippen molar-refractivity contribution >= 4 is 22.6 Å². The van der Waals surface area contributed by atoms with Crippen LogP contribution in [-0.4, -0.2) is 21.5 Å². The minimum Gasteiger partial charge on any atom is -0.396 e. The molecule has 0 aliphatic heterocycles. The van der Waals surface area contributed by atoms with Crippen LogP contribution >= 0.6 is 22.6 Å². The van der Waals surface area contributed by atoms with Crippen molar-refractivity contribution in [2.75, 3.05) is 6.61 Å². The summed E-state index contributed by atoms with van der Waals surface area (Å²) < 4.78 is 3.16. The zero-order valence-electron chi connectivity index (χ0n) is 7.62. The summed E-state index contributed by atoms with van der Waals surface area (Å²) in [6.45, 7) is 1.31. The fourth-order valence-electron chi connectivity index (χ4n) is 1.20. The van der Waals surface area contributed by atoms with Crippen LogP contribution in [0.5, 0.6) is 0 Å². The van der Waals surface area contributed by atoms with Gasteiger partial charge in [-0.25, -0.2) is 0 Å². The molecule has 13 heavy (non-hydrogen) atoms. The molecule has 0 bridgehead atoms. The molecule has 1 N–H and O–H groups in total. The predicted molar refractivity (Wildman–Crippen MR) is 60.5 cm³/mol. The van der Waals surface area contributed by atoms with E-state index in [0.717, 1.165) is 25.8 Å². The van der Waals surface area contributed by atoms with Crippen molar-refractivity contribution < 1.29 is 5.11 Å². The van der Waals surface area contributed by atoms with Crippen molar-refractivity contribution in [2.24, 2.45) is 0 Å². The van der Waals surface area contributed by atoms with Gasteiger partial charge in [0.25, 0.3) is 0 Å². The molecule has 0 aliphatic rings. The Hall–Kier alpha value is -0.100. The molecule has 0 fully saturated rings. The first-order valence-corrected chi connectivity index (χ1v) is 5.69. The van der Waals surface area contributed by atoms with E-state index >= 15 is 0 Å². The monoisotopic (exact) mass is 294 g/mol. The third kappa shape index (κ3) is 4.61. The summed E-state index contributed by atoms with van der Waals surface area (Å²) in [5.74, 6) is 0. The van der Waals surface area contributed by atoms with E-state index in [2.05, 4.69) is 27.7 Å². The molecule has 0 atom stereocenters. The van der Waals surface area contributed by atoms with E-state index in [1.165, 1.54) is 9.99 Å². The smallest absolute Gasteiger partial charge is 0.0623 e. The van der Waals surface area contributed by atoms with Gasteiger partial charge in [-0.15, -0.1) is 0 Å². The lowest BCUT2D eigenvalue weighted by molar-refractivity contribution is 0.282. The molecule has 0 unspecified atom stereocenters. The average Bonchev–Trinajstić information content (AvgIpc) is 2.51. The van der Waals surface area contributed by atoms with E-state index in [0.29, 0.717) is 6.61 Å². The van der Waals surface area contributed by atoms with Crippen molar-refractivity contribution in [3.63, 3.8) is 0 Å².